The van der Waals surface area contributed by atoms with Crippen molar-refractivity contribution >= 4 is 56.6 Å². The average molecular weight is 452 g/mol. The van der Waals surface area contributed by atoms with Crippen molar-refractivity contribution in [1.82, 2.24) is 10.0 Å². The van der Waals surface area contributed by atoms with Crippen molar-refractivity contribution in [1.29, 1.82) is 0 Å². The number of benzene rings is 2. The second-order valence-electron chi connectivity index (χ2n) is 7.21. The molecule has 6 nitrogen and oxygen atoms in total. The van der Waals surface area contributed by atoms with E-state index in [4.69, 9.17) is 23.8 Å². The van der Waals surface area contributed by atoms with Gasteiger partial charge in [-0.3, -0.25) is 10.1 Å². The van der Waals surface area contributed by atoms with E-state index < -0.39 is 21.5 Å². The van der Waals surface area contributed by atoms with Gasteiger partial charge in [0.15, 0.2) is 5.11 Å². The number of sulfonamides is 1. The number of carbonyl (C=O) groups is 1. The van der Waals surface area contributed by atoms with Crippen molar-refractivity contribution in [2.45, 2.75) is 31.2 Å². The van der Waals surface area contributed by atoms with E-state index in [1.165, 1.54) is 18.2 Å². The molecule has 0 saturated carbocycles. The third kappa shape index (κ3) is 7.94. The van der Waals surface area contributed by atoms with Crippen LogP contribution in [0, 0.1) is 0 Å². The lowest BCUT2D eigenvalue weighted by atomic mass is 10.1. The zero-order valence-electron chi connectivity index (χ0n) is 16.2. The van der Waals surface area contributed by atoms with Crippen LogP contribution in [-0.4, -0.2) is 25.0 Å². The first-order chi connectivity index (χ1) is 13.4. The Bertz CT molecular complexity index is 1010. The van der Waals surface area contributed by atoms with Crippen LogP contribution in [0.3, 0.4) is 0 Å². The molecule has 0 saturated heterocycles. The van der Waals surface area contributed by atoms with Gasteiger partial charge in [0.1, 0.15) is 0 Å². The normalized spacial score (nSPS) is 12.0. The summed E-state index contributed by atoms with van der Waals surface area (Å²) >= 11 is 10.9. The fourth-order valence-corrected chi connectivity index (χ4v) is 4.00. The van der Waals surface area contributed by atoms with Gasteiger partial charge in [0.05, 0.1) is 4.90 Å². The molecule has 2 aromatic carbocycles. The maximum atomic E-state index is 12.3. The second-order valence-corrected chi connectivity index (χ2v) is 9.74. The Morgan fingerprint density at radius 2 is 1.62 bits per heavy atom. The molecule has 0 unspecified atom stereocenters. The lowest BCUT2D eigenvalue weighted by molar-refractivity contribution is -0.115. The lowest BCUT2D eigenvalue weighted by Gasteiger charge is -2.20. The molecule has 0 aromatic heterocycles. The first kappa shape index (κ1) is 23.0. The molecule has 3 N–H and O–H groups in total. The number of hydrogen-bond acceptors (Lipinski definition) is 4. The van der Waals surface area contributed by atoms with E-state index in [-0.39, 0.29) is 10.0 Å². The Morgan fingerprint density at radius 3 is 2.17 bits per heavy atom. The Balaban J connectivity index is 1.93. The summed E-state index contributed by atoms with van der Waals surface area (Å²) in [6.45, 7) is 5.30. The molecule has 0 bridgehead atoms. The number of thiocarbonyl (C=S) groups is 1. The number of halogens is 1. The molecule has 154 valence electrons. The zero-order chi connectivity index (χ0) is 21.7. The van der Waals surface area contributed by atoms with Gasteiger partial charge in [0.25, 0.3) is 0 Å². The predicted molar refractivity (Wildman–Crippen MR) is 121 cm³/mol. The SMILES string of the molecule is CC(C)(C)NS(=O)(=O)c1ccc(NC(=S)NC(=O)/C=C/c2ccc(Cl)cc2)cc1. The molecule has 0 heterocycles. The predicted octanol–water partition coefficient (Wildman–Crippen LogP) is 3.94. The fourth-order valence-electron chi connectivity index (χ4n) is 2.24. The zero-order valence-corrected chi connectivity index (χ0v) is 18.6. The molecule has 29 heavy (non-hydrogen) atoms. The fraction of sp³-hybridized carbons (Fsp3) is 0.200. The molecule has 0 radical (unpaired) electrons. The Morgan fingerprint density at radius 1 is 1.03 bits per heavy atom. The Hall–Kier alpha value is -2.26. The van der Waals surface area contributed by atoms with Crippen LogP contribution in [0.15, 0.2) is 59.5 Å². The van der Waals surface area contributed by atoms with Gasteiger partial charge in [-0.15, -0.1) is 0 Å². The molecule has 2 aromatic rings. The molecular weight excluding hydrogens is 430 g/mol. The summed E-state index contributed by atoms with van der Waals surface area (Å²) in [4.78, 5) is 12.1. The van der Waals surface area contributed by atoms with Gasteiger partial charge in [0.2, 0.25) is 15.9 Å². The van der Waals surface area contributed by atoms with E-state index in [0.29, 0.717) is 10.7 Å². The molecule has 0 aliphatic heterocycles. The van der Waals surface area contributed by atoms with E-state index in [1.807, 2.05) is 0 Å². The summed E-state index contributed by atoms with van der Waals surface area (Å²) < 4.78 is 27.2. The molecule has 9 heteroatoms. The summed E-state index contributed by atoms with van der Waals surface area (Å²) in [7, 11) is -3.62. The van der Waals surface area contributed by atoms with Crippen LogP contribution in [0.25, 0.3) is 6.08 Å². The largest absolute Gasteiger partial charge is 0.332 e. The maximum Gasteiger partial charge on any atom is 0.250 e. The highest BCUT2D eigenvalue weighted by Gasteiger charge is 2.21. The van der Waals surface area contributed by atoms with E-state index in [1.54, 1.807) is 63.2 Å². The summed E-state index contributed by atoms with van der Waals surface area (Å²) in [5.74, 6) is -0.397. The topological polar surface area (TPSA) is 87.3 Å². The van der Waals surface area contributed by atoms with Crippen molar-refractivity contribution in [3.8, 4) is 0 Å². The minimum atomic E-state index is -3.62. The molecule has 0 aliphatic rings. The van der Waals surface area contributed by atoms with Gasteiger partial charge in [-0.25, -0.2) is 13.1 Å². The molecule has 0 atom stereocenters. The van der Waals surface area contributed by atoms with Gasteiger partial charge in [-0.05, 0) is 81.0 Å². The second kappa shape index (κ2) is 9.49. The summed E-state index contributed by atoms with van der Waals surface area (Å²) in [6.07, 6.45) is 2.99. The highest BCUT2D eigenvalue weighted by atomic mass is 35.5. The molecule has 0 spiro atoms. The number of carbonyl (C=O) groups excluding carboxylic acids is 1. The van der Waals surface area contributed by atoms with Crippen molar-refractivity contribution in [3.05, 3.63) is 65.2 Å². The van der Waals surface area contributed by atoms with Crippen LogP contribution < -0.4 is 15.4 Å². The number of rotatable bonds is 5. The number of nitrogens with one attached hydrogen (secondary N) is 3. The van der Waals surface area contributed by atoms with E-state index in [2.05, 4.69) is 15.4 Å². The maximum absolute atomic E-state index is 12.3. The van der Waals surface area contributed by atoms with Crippen LogP contribution in [0.1, 0.15) is 26.3 Å². The van der Waals surface area contributed by atoms with Crippen LogP contribution in [0.4, 0.5) is 5.69 Å². The molecule has 2 rings (SSSR count). The number of hydrogen-bond donors (Lipinski definition) is 3. The van der Waals surface area contributed by atoms with E-state index >= 15 is 0 Å². The van der Waals surface area contributed by atoms with E-state index in [0.717, 1.165) is 5.56 Å². The summed E-state index contributed by atoms with van der Waals surface area (Å²) in [5.41, 5.74) is 0.789. The van der Waals surface area contributed by atoms with Crippen LogP contribution in [0.5, 0.6) is 0 Å². The van der Waals surface area contributed by atoms with Gasteiger partial charge in [-0.1, -0.05) is 23.7 Å². The first-order valence-electron chi connectivity index (χ1n) is 8.64. The van der Waals surface area contributed by atoms with Crippen molar-refractivity contribution in [2.75, 3.05) is 5.32 Å². The molecule has 0 fully saturated rings. The first-order valence-corrected chi connectivity index (χ1v) is 10.9. The summed E-state index contributed by atoms with van der Waals surface area (Å²) in [5, 5.41) is 6.07. The monoisotopic (exact) mass is 451 g/mol. The molecule has 1 amide bonds. The number of anilines is 1. The highest BCUT2D eigenvalue weighted by molar-refractivity contribution is 7.89. The van der Waals surface area contributed by atoms with Crippen molar-refractivity contribution < 1.29 is 13.2 Å². The van der Waals surface area contributed by atoms with Gasteiger partial charge >= 0.3 is 0 Å². The van der Waals surface area contributed by atoms with Gasteiger partial charge < -0.3 is 5.32 Å². The molecular formula is C20H22ClN3O3S2. The number of amides is 1. The average Bonchev–Trinajstić information content (AvgIpc) is 2.59. The third-order valence-corrected chi connectivity index (χ3v) is 5.63. The Labute approximate surface area is 181 Å². The lowest BCUT2D eigenvalue weighted by Crippen LogP contribution is -2.40. The van der Waals surface area contributed by atoms with Crippen LogP contribution in [-0.2, 0) is 14.8 Å². The molecule has 0 aliphatic carbocycles. The summed E-state index contributed by atoms with van der Waals surface area (Å²) in [6, 6.07) is 13.1. The quantitative estimate of drug-likeness (QED) is 0.473. The van der Waals surface area contributed by atoms with Crippen molar-refractivity contribution in [2.24, 2.45) is 0 Å². The highest BCUT2D eigenvalue weighted by Crippen LogP contribution is 2.16. The minimum absolute atomic E-state index is 0.0965. The minimum Gasteiger partial charge on any atom is -0.332 e. The Kier molecular flexibility index (Phi) is 7.54. The van der Waals surface area contributed by atoms with E-state index in [9.17, 15) is 13.2 Å². The van der Waals surface area contributed by atoms with Crippen LogP contribution >= 0.6 is 23.8 Å². The van der Waals surface area contributed by atoms with Crippen molar-refractivity contribution in [3.63, 3.8) is 0 Å². The van der Waals surface area contributed by atoms with Crippen LogP contribution in [0.2, 0.25) is 5.02 Å². The standard InChI is InChI=1S/C20H22ClN3O3S2/c1-20(2,3)24-29(26,27)17-11-9-16(10-12-17)22-19(28)23-18(25)13-6-14-4-7-15(21)8-5-14/h4-13,24H,1-3H3,(H2,22,23,25,28)/b13-6+. The van der Waals surface area contributed by atoms with Gasteiger partial charge in [-0.2, -0.15) is 0 Å². The third-order valence-electron chi connectivity index (χ3n) is 3.40. The van der Waals surface area contributed by atoms with Gasteiger partial charge in [0, 0.05) is 22.3 Å². The smallest absolute Gasteiger partial charge is 0.250 e.